The molecule has 0 aliphatic carbocycles. The third kappa shape index (κ3) is 3.56. The molecule has 1 heterocycles. The molecule has 7 heteroatoms. The van der Waals surface area contributed by atoms with Crippen molar-refractivity contribution in [1.82, 2.24) is 9.55 Å². The van der Waals surface area contributed by atoms with Crippen molar-refractivity contribution in [2.24, 2.45) is 0 Å². The zero-order chi connectivity index (χ0) is 13.8. The van der Waals surface area contributed by atoms with E-state index in [0.29, 0.717) is 10.7 Å². The highest BCUT2D eigenvalue weighted by Gasteiger charge is 2.05. The molecule has 6 nitrogen and oxygen atoms in total. The second-order valence-corrected chi connectivity index (χ2v) is 4.23. The average molecular weight is 280 g/mol. The molecule has 0 spiro atoms. The Balaban J connectivity index is 2.09. The summed E-state index contributed by atoms with van der Waals surface area (Å²) in [4.78, 5) is 36.1. The number of hydrogen-bond acceptors (Lipinski definition) is 3. The Hall–Kier alpha value is -2.34. The van der Waals surface area contributed by atoms with Crippen molar-refractivity contribution in [3.05, 3.63) is 62.4 Å². The predicted molar refractivity (Wildman–Crippen MR) is 71.4 cm³/mol. The summed E-state index contributed by atoms with van der Waals surface area (Å²) in [5.74, 6) is -0.392. The van der Waals surface area contributed by atoms with Gasteiger partial charge in [-0.25, -0.2) is 4.79 Å². The number of amides is 1. The molecule has 0 bridgehead atoms. The summed E-state index contributed by atoms with van der Waals surface area (Å²) in [6, 6.07) is 7.83. The fourth-order valence-electron chi connectivity index (χ4n) is 1.49. The number of hydrogen-bond donors (Lipinski definition) is 2. The first kappa shape index (κ1) is 13.1. The van der Waals surface area contributed by atoms with Crippen LogP contribution in [0.4, 0.5) is 5.69 Å². The molecule has 2 aromatic rings. The second-order valence-electron chi connectivity index (χ2n) is 3.80. The van der Waals surface area contributed by atoms with Gasteiger partial charge in [-0.1, -0.05) is 17.7 Å². The fraction of sp³-hybridized carbons (Fsp3) is 0.0833. The molecule has 2 N–H and O–H groups in total. The van der Waals surface area contributed by atoms with Crippen LogP contribution >= 0.6 is 11.6 Å². The molecule has 19 heavy (non-hydrogen) atoms. The summed E-state index contributed by atoms with van der Waals surface area (Å²) in [5.41, 5.74) is -0.597. The number of nitrogens with one attached hydrogen (secondary N) is 2. The van der Waals surface area contributed by atoms with E-state index >= 15 is 0 Å². The van der Waals surface area contributed by atoms with Crippen molar-refractivity contribution in [1.29, 1.82) is 0 Å². The molecule has 1 aromatic heterocycles. The Morgan fingerprint density at radius 2 is 2.11 bits per heavy atom. The molecule has 98 valence electrons. The van der Waals surface area contributed by atoms with E-state index in [9.17, 15) is 14.4 Å². The molecule has 0 unspecified atom stereocenters. The Bertz CT molecular complexity index is 720. The SMILES string of the molecule is O=C(Cn1ccc(=O)[nH]c1=O)Nc1cccc(Cl)c1. The zero-order valence-corrected chi connectivity index (χ0v) is 10.5. The van der Waals surface area contributed by atoms with Gasteiger partial charge in [0.1, 0.15) is 6.54 Å². The smallest absolute Gasteiger partial charge is 0.324 e. The number of nitrogens with zero attached hydrogens (tertiary/aromatic N) is 1. The van der Waals surface area contributed by atoms with Crippen LogP contribution < -0.4 is 16.6 Å². The van der Waals surface area contributed by atoms with Crippen molar-refractivity contribution >= 4 is 23.2 Å². The van der Waals surface area contributed by atoms with Crippen LogP contribution in [0.25, 0.3) is 0 Å². The van der Waals surface area contributed by atoms with Gasteiger partial charge in [0.2, 0.25) is 5.91 Å². The molecule has 0 saturated heterocycles. The van der Waals surface area contributed by atoms with Gasteiger partial charge in [0.15, 0.2) is 0 Å². The maximum atomic E-state index is 11.7. The number of aromatic nitrogens is 2. The van der Waals surface area contributed by atoms with E-state index in [2.05, 4.69) is 10.3 Å². The van der Waals surface area contributed by atoms with Crippen molar-refractivity contribution in [2.75, 3.05) is 5.32 Å². The van der Waals surface area contributed by atoms with Crippen LogP contribution in [0.5, 0.6) is 0 Å². The third-order valence-electron chi connectivity index (χ3n) is 2.32. The van der Waals surface area contributed by atoms with Gasteiger partial charge >= 0.3 is 5.69 Å². The number of carbonyl (C=O) groups is 1. The summed E-state index contributed by atoms with van der Waals surface area (Å²) < 4.78 is 1.10. The summed E-state index contributed by atoms with van der Waals surface area (Å²) in [6.07, 6.45) is 1.26. The molecule has 0 aliphatic rings. The third-order valence-corrected chi connectivity index (χ3v) is 2.55. The van der Waals surface area contributed by atoms with Gasteiger partial charge in [0.25, 0.3) is 5.56 Å². The lowest BCUT2D eigenvalue weighted by Crippen LogP contribution is -2.32. The standard InChI is InChI=1S/C12H10ClN3O3/c13-8-2-1-3-9(6-8)14-11(18)7-16-5-4-10(17)15-12(16)19/h1-6H,7H2,(H,14,18)(H,15,17,19). The van der Waals surface area contributed by atoms with Gasteiger partial charge in [-0.15, -0.1) is 0 Å². The van der Waals surface area contributed by atoms with Crippen molar-refractivity contribution in [3.8, 4) is 0 Å². The van der Waals surface area contributed by atoms with Gasteiger partial charge in [0, 0.05) is 23.0 Å². The number of aromatic amines is 1. The van der Waals surface area contributed by atoms with Crippen LogP contribution in [0.1, 0.15) is 0 Å². The summed E-state index contributed by atoms with van der Waals surface area (Å²) >= 11 is 5.78. The van der Waals surface area contributed by atoms with Gasteiger partial charge in [-0.05, 0) is 18.2 Å². The molecule has 0 fully saturated rings. The molecule has 0 atom stereocenters. The monoisotopic (exact) mass is 279 g/mol. The minimum Gasteiger partial charge on any atom is -0.324 e. The van der Waals surface area contributed by atoms with Crippen LogP contribution in [0, 0.1) is 0 Å². The number of benzene rings is 1. The van der Waals surface area contributed by atoms with Crippen LogP contribution in [-0.4, -0.2) is 15.5 Å². The highest BCUT2D eigenvalue weighted by atomic mass is 35.5. The zero-order valence-electron chi connectivity index (χ0n) is 9.72. The second kappa shape index (κ2) is 5.53. The average Bonchev–Trinajstić information content (AvgIpc) is 2.33. The molecule has 0 aliphatic heterocycles. The molecule has 2 rings (SSSR count). The minimum absolute atomic E-state index is 0.192. The van der Waals surface area contributed by atoms with Gasteiger partial charge in [0.05, 0.1) is 0 Å². The van der Waals surface area contributed by atoms with Crippen LogP contribution in [0.15, 0.2) is 46.1 Å². The van der Waals surface area contributed by atoms with E-state index in [1.165, 1.54) is 12.3 Å². The van der Waals surface area contributed by atoms with Crippen LogP contribution in [-0.2, 0) is 11.3 Å². The topological polar surface area (TPSA) is 84.0 Å². The molecule has 0 radical (unpaired) electrons. The molecule has 1 aromatic carbocycles. The maximum Gasteiger partial charge on any atom is 0.328 e. The minimum atomic E-state index is -0.631. The first-order valence-electron chi connectivity index (χ1n) is 5.40. The molecule has 1 amide bonds. The van der Waals surface area contributed by atoms with Crippen molar-refractivity contribution in [3.63, 3.8) is 0 Å². The van der Waals surface area contributed by atoms with Gasteiger partial charge in [-0.3, -0.25) is 19.1 Å². The first-order valence-corrected chi connectivity index (χ1v) is 5.77. The lowest BCUT2D eigenvalue weighted by Gasteiger charge is -2.06. The normalized spacial score (nSPS) is 10.2. The molecular weight excluding hydrogens is 270 g/mol. The Labute approximate surface area is 112 Å². The largest absolute Gasteiger partial charge is 0.328 e. The van der Waals surface area contributed by atoms with Crippen LogP contribution in [0.3, 0.4) is 0 Å². The lowest BCUT2D eigenvalue weighted by atomic mass is 10.3. The summed E-state index contributed by atoms with van der Waals surface area (Å²) in [6.45, 7) is -0.192. The van der Waals surface area contributed by atoms with Gasteiger partial charge in [-0.2, -0.15) is 0 Å². The Kier molecular flexibility index (Phi) is 3.82. The highest BCUT2D eigenvalue weighted by Crippen LogP contribution is 2.14. The summed E-state index contributed by atoms with van der Waals surface area (Å²) in [7, 11) is 0. The fourth-order valence-corrected chi connectivity index (χ4v) is 1.68. The maximum absolute atomic E-state index is 11.7. The van der Waals surface area contributed by atoms with Crippen molar-refractivity contribution in [2.45, 2.75) is 6.54 Å². The van der Waals surface area contributed by atoms with E-state index in [4.69, 9.17) is 11.6 Å². The van der Waals surface area contributed by atoms with E-state index in [-0.39, 0.29) is 6.54 Å². The number of halogens is 1. The summed E-state index contributed by atoms with van der Waals surface area (Å²) in [5, 5.41) is 3.10. The lowest BCUT2D eigenvalue weighted by molar-refractivity contribution is -0.116. The first-order chi connectivity index (χ1) is 9.04. The van der Waals surface area contributed by atoms with Crippen molar-refractivity contribution < 1.29 is 4.79 Å². The van der Waals surface area contributed by atoms with Gasteiger partial charge < -0.3 is 5.32 Å². The van der Waals surface area contributed by atoms with E-state index in [0.717, 1.165) is 4.57 Å². The van der Waals surface area contributed by atoms with Crippen LogP contribution in [0.2, 0.25) is 5.02 Å². The predicted octanol–water partition coefficient (Wildman–Crippen LogP) is 0.829. The Morgan fingerprint density at radius 3 is 2.79 bits per heavy atom. The molecule has 0 saturated carbocycles. The number of H-pyrrole nitrogens is 1. The highest BCUT2D eigenvalue weighted by molar-refractivity contribution is 6.30. The Morgan fingerprint density at radius 1 is 1.32 bits per heavy atom. The molecular formula is C12H10ClN3O3. The van der Waals surface area contributed by atoms with E-state index in [1.54, 1.807) is 24.3 Å². The quantitative estimate of drug-likeness (QED) is 0.873. The number of carbonyl (C=O) groups excluding carboxylic acids is 1. The van der Waals surface area contributed by atoms with E-state index < -0.39 is 17.2 Å². The van der Waals surface area contributed by atoms with E-state index in [1.807, 2.05) is 0 Å². The number of anilines is 1. The number of rotatable bonds is 3.